The van der Waals surface area contributed by atoms with Gasteiger partial charge >= 0.3 is 0 Å². The molecule has 2 rings (SSSR count). The third kappa shape index (κ3) is 3.80. The molecule has 0 heterocycles. The fourth-order valence-electron chi connectivity index (χ4n) is 2.80. The van der Waals surface area contributed by atoms with E-state index in [2.05, 4.69) is 5.32 Å². The maximum Gasteiger partial charge on any atom is 0.251 e. The van der Waals surface area contributed by atoms with Crippen molar-refractivity contribution in [2.45, 2.75) is 51.2 Å². The second-order valence-corrected chi connectivity index (χ2v) is 6.04. The molecule has 0 radical (unpaired) electrons. The van der Waals surface area contributed by atoms with Gasteiger partial charge in [-0.3, -0.25) is 4.79 Å². The van der Waals surface area contributed by atoms with Crippen LogP contribution in [0.2, 0.25) is 0 Å². The molecule has 0 saturated heterocycles. The summed E-state index contributed by atoms with van der Waals surface area (Å²) in [7, 11) is 0. The van der Waals surface area contributed by atoms with Gasteiger partial charge in [0.25, 0.3) is 5.91 Å². The normalized spacial score (nSPS) is 23.9. The second-order valence-electron chi connectivity index (χ2n) is 6.04. The molecule has 1 fully saturated rings. The molecule has 0 spiro atoms. The molecule has 0 unspecified atom stereocenters. The predicted molar refractivity (Wildman–Crippen MR) is 76.0 cm³/mol. The lowest BCUT2D eigenvalue weighted by molar-refractivity contribution is -0.00257. The number of benzene rings is 1. The summed E-state index contributed by atoms with van der Waals surface area (Å²) in [5.41, 5.74) is 0.112. The van der Waals surface area contributed by atoms with E-state index in [1.165, 1.54) is 0 Å². The van der Waals surface area contributed by atoms with Gasteiger partial charge in [0, 0.05) is 11.6 Å². The summed E-state index contributed by atoms with van der Waals surface area (Å²) in [5, 5.41) is 13.1. The lowest BCUT2D eigenvalue weighted by Crippen LogP contribution is -2.41. The van der Waals surface area contributed by atoms with E-state index in [4.69, 9.17) is 0 Å². The van der Waals surface area contributed by atoms with Crippen LogP contribution in [0.15, 0.2) is 30.3 Å². The van der Waals surface area contributed by atoms with Gasteiger partial charge in [-0.05, 0) is 57.6 Å². The zero-order valence-electron chi connectivity index (χ0n) is 11.7. The van der Waals surface area contributed by atoms with Crippen LogP contribution in [0.5, 0.6) is 0 Å². The van der Waals surface area contributed by atoms with Crippen molar-refractivity contribution in [3.8, 4) is 0 Å². The van der Waals surface area contributed by atoms with Crippen LogP contribution in [0.3, 0.4) is 0 Å². The Hall–Kier alpha value is -1.35. The summed E-state index contributed by atoms with van der Waals surface area (Å²) in [6.07, 6.45) is 3.85. The number of amides is 1. The van der Waals surface area contributed by atoms with Crippen molar-refractivity contribution in [1.82, 2.24) is 5.32 Å². The molecule has 3 heteroatoms. The monoisotopic (exact) mass is 261 g/mol. The maximum absolute atomic E-state index is 12.0. The van der Waals surface area contributed by atoms with Gasteiger partial charge in [-0.1, -0.05) is 18.2 Å². The first kappa shape index (κ1) is 14.1. The van der Waals surface area contributed by atoms with Gasteiger partial charge in [0.2, 0.25) is 0 Å². The third-order valence-corrected chi connectivity index (χ3v) is 4.10. The van der Waals surface area contributed by atoms with Crippen LogP contribution in [0.1, 0.15) is 49.9 Å². The van der Waals surface area contributed by atoms with Crippen LogP contribution in [0.25, 0.3) is 0 Å². The minimum atomic E-state index is -0.603. The van der Waals surface area contributed by atoms with Crippen molar-refractivity contribution in [3.05, 3.63) is 35.9 Å². The molecule has 0 bridgehead atoms. The van der Waals surface area contributed by atoms with Crippen LogP contribution in [0.4, 0.5) is 0 Å². The molecular formula is C16H23NO2. The molecule has 0 aliphatic heterocycles. The average molecular weight is 261 g/mol. The predicted octanol–water partition coefficient (Wildman–Crippen LogP) is 2.75. The Morgan fingerprint density at radius 1 is 1.16 bits per heavy atom. The van der Waals surface area contributed by atoms with Gasteiger partial charge in [0.1, 0.15) is 0 Å². The molecule has 104 valence electrons. The number of carbonyl (C=O) groups is 1. The number of aliphatic hydroxyl groups is 1. The summed E-state index contributed by atoms with van der Waals surface area (Å²) >= 11 is 0. The van der Waals surface area contributed by atoms with Crippen LogP contribution in [-0.2, 0) is 0 Å². The molecule has 1 amide bonds. The van der Waals surface area contributed by atoms with E-state index in [-0.39, 0.29) is 11.9 Å². The second kappa shape index (κ2) is 5.74. The van der Waals surface area contributed by atoms with Crippen molar-refractivity contribution in [3.63, 3.8) is 0 Å². The Morgan fingerprint density at radius 2 is 1.74 bits per heavy atom. The lowest BCUT2D eigenvalue weighted by Gasteiger charge is -2.36. The standard InChI is InChI=1S/C16H23NO2/c1-16(2,19)13-8-10-14(11-9-13)17-15(18)12-6-4-3-5-7-12/h3-7,13-14,19H,8-11H2,1-2H3,(H,17,18)/t13-,14-. The number of nitrogens with one attached hydrogen (secondary N) is 1. The Morgan fingerprint density at radius 3 is 2.26 bits per heavy atom. The Kier molecular flexibility index (Phi) is 4.25. The number of rotatable bonds is 3. The molecule has 19 heavy (non-hydrogen) atoms. The summed E-state index contributed by atoms with van der Waals surface area (Å²) in [5.74, 6) is 0.352. The number of hydrogen-bond donors (Lipinski definition) is 2. The van der Waals surface area contributed by atoms with Gasteiger partial charge < -0.3 is 10.4 Å². The molecule has 1 aliphatic carbocycles. The minimum absolute atomic E-state index is 0.00677. The highest BCUT2D eigenvalue weighted by molar-refractivity contribution is 5.94. The first-order valence-electron chi connectivity index (χ1n) is 7.05. The van der Waals surface area contributed by atoms with E-state index < -0.39 is 5.60 Å². The first-order valence-corrected chi connectivity index (χ1v) is 7.05. The molecule has 1 aliphatic rings. The van der Waals surface area contributed by atoms with Crippen molar-refractivity contribution in [2.75, 3.05) is 0 Å². The molecule has 3 nitrogen and oxygen atoms in total. The summed E-state index contributed by atoms with van der Waals surface area (Å²) in [6, 6.07) is 9.56. The number of hydrogen-bond acceptors (Lipinski definition) is 2. The molecule has 0 aromatic heterocycles. The zero-order chi connectivity index (χ0) is 13.9. The number of carbonyl (C=O) groups excluding carboxylic acids is 1. The topological polar surface area (TPSA) is 49.3 Å². The molecular weight excluding hydrogens is 238 g/mol. The molecule has 0 atom stereocenters. The summed E-state index contributed by atoms with van der Waals surface area (Å²) < 4.78 is 0. The highest BCUT2D eigenvalue weighted by Crippen LogP contribution is 2.32. The van der Waals surface area contributed by atoms with Crippen LogP contribution in [0, 0.1) is 5.92 Å². The quantitative estimate of drug-likeness (QED) is 0.879. The van der Waals surface area contributed by atoms with Crippen molar-refractivity contribution in [1.29, 1.82) is 0 Å². The van der Waals surface area contributed by atoms with Crippen molar-refractivity contribution in [2.24, 2.45) is 5.92 Å². The van der Waals surface area contributed by atoms with Gasteiger partial charge in [-0.2, -0.15) is 0 Å². The highest BCUT2D eigenvalue weighted by atomic mass is 16.3. The zero-order valence-corrected chi connectivity index (χ0v) is 11.7. The Bertz CT molecular complexity index is 414. The van der Waals surface area contributed by atoms with E-state index in [1.54, 1.807) is 0 Å². The molecule has 2 N–H and O–H groups in total. The van der Waals surface area contributed by atoms with Crippen molar-refractivity contribution >= 4 is 5.91 Å². The Balaban J connectivity index is 1.85. The van der Waals surface area contributed by atoms with E-state index in [0.717, 1.165) is 25.7 Å². The lowest BCUT2D eigenvalue weighted by atomic mass is 9.77. The highest BCUT2D eigenvalue weighted by Gasteiger charge is 2.31. The van der Waals surface area contributed by atoms with Gasteiger partial charge in [0.05, 0.1) is 5.60 Å². The van der Waals surface area contributed by atoms with Crippen LogP contribution < -0.4 is 5.32 Å². The van der Waals surface area contributed by atoms with Gasteiger partial charge in [0.15, 0.2) is 0 Å². The minimum Gasteiger partial charge on any atom is -0.390 e. The summed E-state index contributed by atoms with van der Waals surface area (Å²) in [4.78, 5) is 12.0. The van der Waals surface area contributed by atoms with E-state index in [9.17, 15) is 9.90 Å². The fraction of sp³-hybridized carbons (Fsp3) is 0.562. The van der Waals surface area contributed by atoms with E-state index in [0.29, 0.717) is 11.5 Å². The van der Waals surface area contributed by atoms with Crippen molar-refractivity contribution < 1.29 is 9.90 Å². The van der Waals surface area contributed by atoms with Gasteiger partial charge in [-0.15, -0.1) is 0 Å². The fourth-order valence-corrected chi connectivity index (χ4v) is 2.80. The van der Waals surface area contributed by atoms with E-state index >= 15 is 0 Å². The molecule has 1 aromatic carbocycles. The maximum atomic E-state index is 12.0. The summed E-state index contributed by atoms with van der Waals surface area (Å²) in [6.45, 7) is 3.75. The molecule has 1 saturated carbocycles. The Labute approximate surface area is 115 Å². The van der Waals surface area contributed by atoms with Crippen LogP contribution in [-0.4, -0.2) is 22.7 Å². The van der Waals surface area contributed by atoms with E-state index in [1.807, 2.05) is 44.2 Å². The van der Waals surface area contributed by atoms with Gasteiger partial charge in [-0.25, -0.2) is 0 Å². The average Bonchev–Trinajstić information content (AvgIpc) is 2.39. The SMILES string of the molecule is CC(C)(O)[C@H]1CC[C@H](NC(=O)c2ccccc2)CC1. The molecule has 1 aromatic rings. The van der Waals surface area contributed by atoms with Crippen LogP contribution >= 0.6 is 0 Å². The smallest absolute Gasteiger partial charge is 0.251 e. The largest absolute Gasteiger partial charge is 0.390 e. The first-order chi connectivity index (χ1) is 8.97. The third-order valence-electron chi connectivity index (χ3n) is 4.10.